The molecule has 0 radical (unpaired) electrons. The molecule has 1 amide bonds. The Hall–Kier alpha value is -3.47. The molecule has 2 saturated heterocycles. The number of piperidine rings is 1. The first-order chi connectivity index (χ1) is 19.9. The van der Waals surface area contributed by atoms with Gasteiger partial charge in [0.15, 0.2) is 0 Å². The molecule has 2 aromatic heterocycles. The van der Waals surface area contributed by atoms with Crippen LogP contribution in [0.4, 0.5) is 38.0 Å². The van der Waals surface area contributed by atoms with Gasteiger partial charge in [0, 0.05) is 44.6 Å². The Balaban J connectivity index is 1.27. The van der Waals surface area contributed by atoms with Gasteiger partial charge in [-0.2, -0.15) is 31.4 Å². The molecule has 0 unspecified atom stereocenters. The van der Waals surface area contributed by atoms with Gasteiger partial charge in [-0.1, -0.05) is 0 Å². The maximum Gasteiger partial charge on any atom is 0.423 e. The zero-order valence-corrected chi connectivity index (χ0v) is 22.6. The number of amides is 1. The van der Waals surface area contributed by atoms with Crippen molar-refractivity contribution in [1.82, 2.24) is 30.4 Å². The summed E-state index contributed by atoms with van der Waals surface area (Å²) in [6, 6.07) is -0.555. The first-order valence-corrected chi connectivity index (χ1v) is 13.5. The van der Waals surface area contributed by atoms with Crippen molar-refractivity contribution < 1.29 is 35.9 Å². The van der Waals surface area contributed by atoms with E-state index in [1.165, 1.54) is 0 Å². The number of ether oxygens (including phenoxy) is 1. The summed E-state index contributed by atoms with van der Waals surface area (Å²) in [5.41, 5.74) is -4.07. The quantitative estimate of drug-likeness (QED) is 0.276. The van der Waals surface area contributed by atoms with Crippen molar-refractivity contribution >= 4 is 17.5 Å². The molecule has 2 fully saturated rings. The molecule has 0 aliphatic carbocycles. The number of nitrogens with one attached hydrogen (secondary N) is 3. The number of alkyl halides is 6. The van der Waals surface area contributed by atoms with Crippen molar-refractivity contribution in [2.75, 3.05) is 62.7 Å². The van der Waals surface area contributed by atoms with Crippen LogP contribution in [0.5, 0.6) is 0 Å². The van der Waals surface area contributed by atoms with Gasteiger partial charge in [0.2, 0.25) is 11.9 Å². The highest BCUT2D eigenvalue weighted by molar-refractivity contribution is 5.76. The fourth-order valence-corrected chi connectivity index (χ4v) is 5.03. The lowest BCUT2D eigenvalue weighted by Crippen LogP contribution is -2.49. The van der Waals surface area contributed by atoms with Gasteiger partial charge in [-0.05, 0) is 38.3 Å². The molecular weight excluding hydrogens is 574 g/mol. The average molecular weight is 607 g/mol. The highest BCUT2D eigenvalue weighted by Crippen LogP contribution is 2.32. The molecule has 0 aromatic carbocycles. The van der Waals surface area contributed by atoms with Crippen LogP contribution in [0.15, 0.2) is 23.4 Å². The van der Waals surface area contributed by atoms with E-state index in [1.807, 2.05) is 5.10 Å². The number of H-pyrrole nitrogens is 1. The summed E-state index contributed by atoms with van der Waals surface area (Å²) >= 11 is 0. The second kappa shape index (κ2) is 13.7. The fourth-order valence-electron chi connectivity index (χ4n) is 5.03. The maximum absolute atomic E-state index is 13.5. The van der Waals surface area contributed by atoms with E-state index in [0.717, 1.165) is 44.5 Å². The van der Waals surface area contributed by atoms with Gasteiger partial charge in [0.1, 0.15) is 5.56 Å². The number of carbonyl (C=O) groups is 1. The number of aromatic nitrogens is 4. The first kappa shape index (κ1) is 31.5. The highest BCUT2D eigenvalue weighted by atomic mass is 19.4. The molecule has 2 aromatic rings. The predicted octanol–water partition coefficient (Wildman–Crippen LogP) is 2.52. The lowest BCUT2D eigenvalue weighted by Gasteiger charge is -2.34. The van der Waals surface area contributed by atoms with E-state index < -0.39 is 40.8 Å². The number of carbonyl (C=O) groups excluding carboxylic acids is 1. The normalized spacial score (nSPS) is 17.8. The number of halogens is 6. The molecule has 17 heteroatoms. The molecular formula is C25H32F6N8O3. The van der Waals surface area contributed by atoms with Crippen molar-refractivity contribution in [3.05, 3.63) is 40.1 Å². The van der Waals surface area contributed by atoms with Crippen LogP contribution < -0.4 is 21.1 Å². The van der Waals surface area contributed by atoms with Crippen molar-refractivity contribution in [2.24, 2.45) is 5.92 Å². The SMILES string of the molecule is O=C(CCOC[C@@H](CC1CCNCC1)Nc1cn[nH]c(=O)c1C(F)(F)F)N1CCN(c2ncc(C(F)(F)F)cn2)CC1. The van der Waals surface area contributed by atoms with Crippen LogP contribution in [-0.4, -0.2) is 89.5 Å². The lowest BCUT2D eigenvalue weighted by atomic mass is 9.91. The molecule has 0 spiro atoms. The number of nitrogens with zero attached hydrogens (tertiary/aromatic N) is 5. The van der Waals surface area contributed by atoms with Crippen molar-refractivity contribution in [1.29, 1.82) is 0 Å². The smallest absolute Gasteiger partial charge is 0.379 e. The van der Waals surface area contributed by atoms with E-state index in [2.05, 4.69) is 25.7 Å². The number of aromatic amines is 1. The zero-order chi connectivity index (χ0) is 30.3. The van der Waals surface area contributed by atoms with Crippen LogP contribution in [0.3, 0.4) is 0 Å². The minimum Gasteiger partial charge on any atom is -0.379 e. The Morgan fingerprint density at radius 2 is 1.69 bits per heavy atom. The van der Waals surface area contributed by atoms with Crippen LogP contribution in [0.1, 0.15) is 36.8 Å². The van der Waals surface area contributed by atoms with E-state index in [1.54, 1.807) is 9.80 Å². The Morgan fingerprint density at radius 3 is 2.31 bits per heavy atom. The molecule has 4 heterocycles. The molecule has 4 rings (SSSR count). The van der Waals surface area contributed by atoms with Gasteiger partial charge in [-0.25, -0.2) is 15.1 Å². The Bertz CT molecular complexity index is 1230. The largest absolute Gasteiger partial charge is 0.423 e. The van der Waals surface area contributed by atoms with E-state index in [-0.39, 0.29) is 37.4 Å². The monoisotopic (exact) mass is 606 g/mol. The maximum atomic E-state index is 13.5. The number of hydrogen-bond donors (Lipinski definition) is 3. The number of piperazine rings is 1. The topological polar surface area (TPSA) is 128 Å². The fraction of sp³-hybridized carbons (Fsp3) is 0.640. The third-order valence-corrected chi connectivity index (χ3v) is 7.24. The second-order valence-corrected chi connectivity index (χ2v) is 10.2. The Labute approximate surface area is 237 Å². The Morgan fingerprint density at radius 1 is 1.02 bits per heavy atom. The summed E-state index contributed by atoms with van der Waals surface area (Å²) < 4.78 is 84.6. The van der Waals surface area contributed by atoms with Crippen molar-refractivity contribution in [2.45, 2.75) is 44.1 Å². The number of rotatable bonds is 10. The van der Waals surface area contributed by atoms with Gasteiger partial charge in [-0.3, -0.25) is 9.59 Å². The minimum absolute atomic E-state index is 0.0142. The number of hydrogen-bond acceptors (Lipinski definition) is 9. The summed E-state index contributed by atoms with van der Waals surface area (Å²) in [5, 5.41) is 11.4. The number of anilines is 2. The van der Waals surface area contributed by atoms with Crippen LogP contribution in [0.2, 0.25) is 0 Å². The van der Waals surface area contributed by atoms with Crippen LogP contribution in [0.25, 0.3) is 0 Å². The van der Waals surface area contributed by atoms with Crippen LogP contribution >= 0.6 is 0 Å². The molecule has 11 nitrogen and oxygen atoms in total. The van der Waals surface area contributed by atoms with E-state index in [4.69, 9.17) is 4.74 Å². The summed E-state index contributed by atoms with van der Waals surface area (Å²) in [7, 11) is 0. The third-order valence-electron chi connectivity index (χ3n) is 7.24. The van der Waals surface area contributed by atoms with Gasteiger partial charge in [-0.15, -0.1) is 0 Å². The molecule has 2 aliphatic heterocycles. The molecule has 42 heavy (non-hydrogen) atoms. The molecule has 2 aliphatic rings. The van der Waals surface area contributed by atoms with Crippen molar-refractivity contribution in [3.63, 3.8) is 0 Å². The van der Waals surface area contributed by atoms with Crippen LogP contribution in [-0.2, 0) is 21.9 Å². The molecule has 1 atom stereocenters. The zero-order valence-electron chi connectivity index (χ0n) is 22.6. The third kappa shape index (κ3) is 8.53. The summed E-state index contributed by atoms with van der Waals surface area (Å²) in [6.07, 6.45) is -4.79. The molecule has 0 saturated carbocycles. The van der Waals surface area contributed by atoms with Crippen molar-refractivity contribution in [3.8, 4) is 0 Å². The summed E-state index contributed by atoms with van der Waals surface area (Å²) in [4.78, 5) is 35.5. The minimum atomic E-state index is -4.88. The molecule has 3 N–H and O–H groups in total. The molecule has 232 valence electrons. The van der Waals surface area contributed by atoms with E-state index in [9.17, 15) is 35.9 Å². The van der Waals surface area contributed by atoms with E-state index in [0.29, 0.717) is 32.6 Å². The highest BCUT2D eigenvalue weighted by Gasteiger charge is 2.38. The average Bonchev–Trinajstić information content (AvgIpc) is 2.95. The Kier molecular flexibility index (Phi) is 10.2. The molecule has 0 bridgehead atoms. The predicted molar refractivity (Wildman–Crippen MR) is 139 cm³/mol. The lowest BCUT2D eigenvalue weighted by molar-refractivity contribution is -0.139. The summed E-state index contributed by atoms with van der Waals surface area (Å²) in [5.74, 6) is 0.197. The van der Waals surface area contributed by atoms with Gasteiger partial charge in [0.25, 0.3) is 5.56 Å². The van der Waals surface area contributed by atoms with Gasteiger partial charge >= 0.3 is 12.4 Å². The standard InChI is InChI=1S/C25H32F6N8O3/c26-24(27,28)17-12-33-23(34-13-17)39-8-6-38(7-9-39)20(40)3-10-42-15-18(11-16-1-4-32-5-2-16)36-19-14-35-37-22(41)21(19)25(29,30)31/h12-14,16,18,32H,1-11,15H2,(H2,36,37,41)/t18-/m1/s1. The second-order valence-electron chi connectivity index (χ2n) is 10.2. The summed E-state index contributed by atoms with van der Waals surface area (Å²) in [6.45, 7) is 2.96. The van der Waals surface area contributed by atoms with Gasteiger partial charge < -0.3 is 25.2 Å². The van der Waals surface area contributed by atoms with Gasteiger partial charge in [0.05, 0.1) is 37.1 Å². The van der Waals surface area contributed by atoms with E-state index >= 15 is 0 Å². The van der Waals surface area contributed by atoms with Crippen LogP contribution in [0, 0.1) is 5.92 Å². The first-order valence-electron chi connectivity index (χ1n) is 13.5.